The zero-order valence-corrected chi connectivity index (χ0v) is 10.4. The first-order chi connectivity index (χ1) is 8.15. The van der Waals surface area contributed by atoms with E-state index in [1.54, 1.807) is 18.2 Å². The lowest BCUT2D eigenvalue weighted by atomic mass is 10.2. The minimum absolute atomic E-state index is 0.0804. The van der Waals surface area contributed by atoms with Crippen LogP contribution in [0, 0.1) is 0 Å². The van der Waals surface area contributed by atoms with Crippen molar-refractivity contribution in [1.29, 1.82) is 0 Å². The fourth-order valence-corrected chi connectivity index (χ4v) is 2.39. The first kappa shape index (κ1) is 12.0. The van der Waals surface area contributed by atoms with Gasteiger partial charge in [0.25, 0.3) is 5.91 Å². The number of carbonyl (C=O) groups excluding carboxylic acids is 1. The molecular weight excluding hydrogens is 258 g/mol. The molecule has 0 saturated carbocycles. The Balaban J connectivity index is 1.98. The number of halogens is 1. The van der Waals surface area contributed by atoms with Crippen molar-refractivity contribution in [3.63, 3.8) is 0 Å². The van der Waals surface area contributed by atoms with E-state index >= 15 is 0 Å². The lowest BCUT2D eigenvalue weighted by molar-refractivity contribution is 0.0951. The zero-order chi connectivity index (χ0) is 12.3. The molecule has 0 spiro atoms. The maximum absolute atomic E-state index is 11.7. The number of amides is 1. The number of phenolic OH excluding ortho intramolecular Hbond substituents is 1. The van der Waals surface area contributed by atoms with Gasteiger partial charge in [-0.3, -0.25) is 4.79 Å². The van der Waals surface area contributed by atoms with E-state index in [1.807, 2.05) is 6.07 Å². The number of carbonyl (C=O) groups is 1. The minimum atomic E-state index is -0.217. The maximum atomic E-state index is 11.7. The molecule has 1 heterocycles. The normalized spacial score (nSPS) is 10.2. The molecule has 3 nitrogen and oxygen atoms in total. The van der Waals surface area contributed by atoms with E-state index in [9.17, 15) is 9.90 Å². The van der Waals surface area contributed by atoms with E-state index in [1.165, 1.54) is 23.5 Å². The molecule has 0 atom stereocenters. The Labute approximate surface area is 108 Å². The van der Waals surface area contributed by atoms with Crippen molar-refractivity contribution < 1.29 is 9.90 Å². The lowest BCUT2D eigenvalue weighted by Crippen LogP contribution is -2.22. The van der Waals surface area contributed by atoms with Gasteiger partial charge in [0.2, 0.25) is 0 Å². The van der Waals surface area contributed by atoms with Crippen molar-refractivity contribution in [3.05, 3.63) is 51.2 Å². The van der Waals surface area contributed by atoms with E-state index in [0.717, 1.165) is 4.88 Å². The van der Waals surface area contributed by atoms with Gasteiger partial charge >= 0.3 is 0 Å². The third kappa shape index (κ3) is 3.22. The van der Waals surface area contributed by atoms with Crippen LogP contribution in [0.2, 0.25) is 4.34 Å². The molecule has 1 aromatic heterocycles. The topological polar surface area (TPSA) is 49.3 Å². The molecule has 2 rings (SSSR count). The van der Waals surface area contributed by atoms with Crippen LogP contribution in [-0.2, 0) is 6.54 Å². The summed E-state index contributed by atoms with van der Waals surface area (Å²) in [7, 11) is 0. The van der Waals surface area contributed by atoms with Crippen LogP contribution in [0.15, 0.2) is 36.4 Å². The predicted octanol–water partition coefficient (Wildman–Crippen LogP) is 3.04. The number of hydrogen-bond acceptors (Lipinski definition) is 3. The quantitative estimate of drug-likeness (QED) is 0.898. The van der Waals surface area contributed by atoms with E-state index in [2.05, 4.69) is 5.32 Å². The molecule has 88 valence electrons. The zero-order valence-electron chi connectivity index (χ0n) is 8.81. The summed E-state index contributed by atoms with van der Waals surface area (Å²) in [5, 5.41) is 12.0. The molecule has 0 aliphatic carbocycles. The van der Waals surface area contributed by atoms with Gasteiger partial charge in [0.05, 0.1) is 10.9 Å². The average Bonchev–Trinajstić information content (AvgIpc) is 2.72. The van der Waals surface area contributed by atoms with Crippen LogP contribution in [0.3, 0.4) is 0 Å². The van der Waals surface area contributed by atoms with Gasteiger partial charge < -0.3 is 10.4 Å². The van der Waals surface area contributed by atoms with Crippen molar-refractivity contribution in [2.45, 2.75) is 6.54 Å². The van der Waals surface area contributed by atoms with E-state index in [0.29, 0.717) is 16.4 Å². The summed E-state index contributed by atoms with van der Waals surface area (Å²) in [6, 6.07) is 9.90. The Morgan fingerprint density at radius 3 is 2.82 bits per heavy atom. The first-order valence-corrected chi connectivity index (χ1v) is 6.16. The van der Waals surface area contributed by atoms with Gasteiger partial charge in [0.15, 0.2) is 0 Å². The summed E-state index contributed by atoms with van der Waals surface area (Å²) >= 11 is 7.22. The predicted molar refractivity (Wildman–Crippen MR) is 68.6 cm³/mol. The van der Waals surface area contributed by atoms with Crippen LogP contribution in [0.4, 0.5) is 0 Å². The summed E-state index contributed by atoms with van der Waals surface area (Å²) in [6.45, 7) is 0.436. The molecule has 17 heavy (non-hydrogen) atoms. The van der Waals surface area contributed by atoms with Gasteiger partial charge in [-0.1, -0.05) is 17.7 Å². The van der Waals surface area contributed by atoms with E-state index < -0.39 is 0 Å². The third-order valence-electron chi connectivity index (χ3n) is 2.16. The molecule has 1 aromatic carbocycles. The van der Waals surface area contributed by atoms with Crippen LogP contribution in [0.25, 0.3) is 0 Å². The highest BCUT2D eigenvalue weighted by atomic mass is 35.5. The van der Waals surface area contributed by atoms with Gasteiger partial charge in [-0.15, -0.1) is 11.3 Å². The van der Waals surface area contributed by atoms with Crippen molar-refractivity contribution in [1.82, 2.24) is 5.32 Å². The highest BCUT2D eigenvalue weighted by molar-refractivity contribution is 7.16. The molecule has 0 saturated heterocycles. The van der Waals surface area contributed by atoms with Crippen molar-refractivity contribution in [2.75, 3.05) is 0 Å². The average molecular weight is 268 g/mol. The van der Waals surface area contributed by atoms with Gasteiger partial charge in [-0.2, -0.15) is 0 Å². The summed E-state index contributed by atoms with van der Waals surface area (Å²) < 4.78 is 0.701. The standard InChI is InChI=1S/C12H10ClNO2S/c13-11-5-4-10(17-11)7-14-12(16)8-2-1-3-9(15)6-8/h1-6,15H,7H2,(H,14,16). The summed E-state index contributed by atoms with van der Waals surface area (Å²) in [5.74, 6) is -0.137. The van der Waals surface area contributed by atoms with Gasteiger partial charge in [-0.25, -0.2) is 0 Å². The number of aromatic hydroxyl groups is 1. The van der Waals surface area contributed by atoms with Crippen LogP contribution >= 0.6 is 22.9 Å². The second-order valence-corrected chi connectivity index (χ2v) is 5.24. The number of thiophene rings is 1. The second kappa shape index (κ2) is 5.21. The molecular formula is C12H10ClNO2S. The Morgan fingerprint density at radius 2 is 2.18 bits per heavy atom. The fourth-order valence-electron chi connectivity index (χ4n) is 1.36. The summed E-state index contributed by atoms with van der Waals surface area (Å²) in [4.78, 5) is 12.7. The minimum Gasteiger partial charge on any atom is -0.508 e. The second-order valence-electron chi connectivity index (χ2n) is 3.44. The third-order valence-corrected chi connectivity index (χ3v) is 3.39. The van der Waals surface area contributed by atoms with Gasteiger partial charge in [0, 0.05) is 10.4 Å². The monoisotopic (exact) mass is 267 g/mol. The van der Waals surface area contributed by atoms with Crippen LogP contribution < -0.4 is 5.32 Å². The smallest absolute Gasteiger partial charge is 0.251 e. The van der Waals surface area contributed by atoms with Gasteiger partial charge in [-0.05, 0) is 30.3 Å². The molecule has 2 aromatic rings. The highest BCUT2D eigenvalue weighted by Crippen LogP contribution is 2.21. The number of hydrogen-bond donors (Lipinski definition) is 2. The fraction of sp³-hybridized carbons (Fsp3) is 0.0833. The highest BCUT2D eigenvalue weighted by Gasteiger charge is 2.06. The number of nitrogens with one attached hydrogen (secondary N) is 1. The van der Waals surface area contributed by atoms with E-state index in [-0.39, 0.29) is 11.7 Å². The lowest BCUT2D eigenvalue weighted by Gasteiger charge is -2.03. The SMILES string of the molecule is O=C(NCc1ccc(Cl)s1)c1cccc(O)c1. The molecule has 0 unspecified atom stereocenters. The van der Waals surface area contributed by atoms with Crippen molar-refractivity contribution >= 4 is 28.8 Å². The van der Waals surface area contributed by atoms with Crippen LogP contribution in [-0.4, -0.2) is 11.0 Å². The number of rotatable bonds is 3. The molecule has 0 fully saturated rings. The molecule has 0 aliphatic rings. The molecule has 5 heteroatoms. The van der Waals surface area contributed by atoms with Gasteiger partial charge in [0.1, 0.15) is 5.75 Å². The first-order valence-electron chi connectivity index (χ1n) is 4.96. The Bertz CT molecular complexity index is 539. The van der Waals surface area contributed by atoms with Crippen molar-refractivity contribution in [2.24, 2.45) is 0 Å². The van der Waals surface area contributed by atoms with Crippen LogP contribution in [0.5, 0.6) is 5.75 Å². The van der Waals surface area contributed by atoms with Crippen LogP contribution in [0.1, 0.15) is 15.2 Å². The van der Waals surface area contributed by atoms with E-state index in [4.69, 9.17) is 11.6 Å². The molecule has 0 aliphatic heterocycles. The molecule has 0 bridgehead atoms. The summed E-state index contributed by atoms with van der Waals surface area (Å²) in [6.07, 6.45) is 0. The number of phenols is 1. The largest absolute Gasteiger partial charge is 0.508 e. The Kier molecular flexibility index (Phi) is 3.66. The molecule has 0 radical (unpaired) electrons. The Hall–Kier alpha value is -1.52. The number of benzene rings is 1. The van der Waals surface area contributed by atoms with Crippen molar-refractivity contribution in [3.8, 4) is 5.75 Å². The summed E-state index contributed by atoms with van der Waals surface area (Å²) in [5.41, 5.74) is 0.438. The maximum Gasteiger partial charge on any atom is 0.251 e. The Morgan fingerprint density at radius 1 is 1.35 bits per heavy atom. The molecule has 2 N–H and O–H groups in total. The molecule has 1 amide bonds.